The second-order valence-corrected chi connectivity index (χ2v) is 14.0. The van der Waals surface area contributed by atoms with Crippen LogP contribution in [0.4, 0.5) is 20.2 Å². The monoisotopic (exact) mass is 906 g/mol. The van der Waals surface area contributed by atoms with Crippen molar-refractivity contribution in [2.24, 2.45) is 11.5 Å². The smallest absolute Gasteiger partial charge is 0.870 e. The van der Waals surface area contributed by atoms with Crippen molar-refractivity contribution in [2.45, 2.75) is 32.9 Å². The minimum absolute atomic E-state index is 0. The van der Waals surface area contributed by atoms with Crippen LogP contribution in [0.2, 0.25) is 0 Å². The van der Waals surface area contributed by atoms with Gasteiger partial charge in [0.1, 0.15) is 11.6 Å². The van der Waals surface area contributed by atoms with Crippen molar-refractivity contribution in [2.75, 3.05) is 17.2 Å². The van der Waals surface area contributed by atoms with Crippen LogP contribution >= 0.6 is 0 Å². The first-order valence-corrected chi connectivity index (χ1v) is 19.8. The van der Waals surface area contributed by atoms with E-state index < -0.39 is 35.4 Å². The third-order valence-electron chi connectivity index (χ3n) is 9.80. The number of ether oxygens (including phenoxy) is 1. The quantitative estimate of drug-likeness (QED) is 0.0824. The van der Waals surface area contributed by atoms with Crippen LogP contribution in [0, 0.1) is 11.6 Å². The minimum atomic E-state index is -1.02. The molecule has 0 saturated heterocycles. The Morgan fingerprint density at radius 1 is 0.621 bits per heavy atom. The van der Waals surface area contributed by atoms with Gasteiger partial charge >= 0.3 is 41.5 Å². The van der Waals surface area contributed by atoms with Gasteiger partial charge in [-0.15, -0.1) is 10.2 Å². The Hall–Kier alpha value is -7.26. The molecule has 8 N–H and O–H groups in total. The summed E-state index contributed by atoms with van der Waals surface area (Å²) in [4.78, 5) is 58.1. The third kappa shape index (κ3) is 11.2. The molecule has 4 aromatic heterocycles. The molecule has 2 amide bonds. The Labute approximate surface area is 397 Å². The van der Waals surface area contributed by atoms with Gasteiger partial charge in [0.15, 0.2) is 23.0 Å². The Balaban J connectivity index is 0.000000241. The van der Waals surface area contributed by atoms with Crippen LogP contribution in [0.5, 0.6) is 0 Å². The first kappa shape index (κ1) is 49.8. The van der Waals surface area contributed by atoms with Gasteiger partial charge in [-0.25, -0.2) is 27.8 Å². The summed E-state index contributed by atoms with van der Waals surface area (Å²) >= 11 is 0. The SMILES string of the molecule is CCOC(=O)Cc1ccccc1NC(=O)c1nc(-c2cccc(CN)c2F)nn2cccc12.NCc1cccc(-c2nc(C(=O)Nc3ccccc3CC(=O)O)c3cccn3n2)c1F.[Na+].[OH-]. The van der Waals surface area contributed by atoms with E-state index >= 15 is 0 Å². The third-order valence-corrected chi connectivity index (χ3v) is 9.80. The summed E-state index contributed by atoms with van der Waals surface area (Å²) in [7, 11) is 0. The number of carbonyl (C=O) groups excluding carboxylic acids is 3. The molecule has 0 fully saturated rings. The molecular formula is C46H41F2N10NaO7. The maximum atomic E-state index is 14.9. The molecular weight excluding hydrogens is 866 g/mol. The summed E-state index contributed by atoms with van der Waals surface area (Å²) in [5.74, 6) is -3.50. The molecule has 0 unspecified atom stereocenters. The predicted molar refractivity (Wildman–Crippen MR) is 235 cm³/mol. The number of nitrogens with one attached hydrogen (secondary N) is 2. The van der Waals surface area contributed by atoms with Gasteiger partial charge in [-0.3, -0.25) is 19.2 Å². The topological polar surface area (TPSA) is 264 Å². The van der Waals surface area contributed by atoms with E-state index in [1.54, 1.807) is 116 Å². The maximum Gasteiger partial charge on any atom is 1.00 e. The van der Waals surface area contributed by atoms with Gasteiger partial charge in [-0.05, 0) is 66.6 Å². The van der Waals surface area contributed by atoms with E-state index in [1.807, 2.05) is 0 Å². The Bertz CT molecular complexity index is 3050. The number of para-hydroxylation sites is 2. The number of amides is 2. The number of aliphatic carboxylic acids is 1. The van der Waals surface area contributed by atoms with Crippen LogP contribution in [-0.4, -0.2) is 70.1 Å². The molecule has 20 heteroatoms. The number of halogens is 2. The van der Waals surface area contributed by atoms with Gasteiger partial charge in [0.05, 0.1) is 41.6 Å². The average molecular weight is 907 g/mol. The van der Waals surface area contributed by atoms with Gasteiger partial charge < -0.3 is 37.4 Å². The van der Waals surface area contributed by atoms with Crippen LogP contribution < -0.4 is 51.7 Å². The summed E-state index contributed by atoms with van der Waals surface area (Å²) in [5, 5.41) is 23.3. The Kier molecular flexibility index (Phi) is 17.0. The van der Waals surface area contributed by atoms with E-state index in [9.17, 15) is 28.0 Å². The van der Waals surface area contributed by atoms with E-state index in [0.717, 1.165) is 0 Å². The number of carboxylic acids is 1. The van der Waals surface area contributed by atoms with Crippen molar-refractivity contribution in [1.82, 2.24) is 29.2 Å². The zero-order chi connectivity index (χ0) is 45.3. The summed E-state index contributed by atoms with van der Waals surface area (Å²) in [6, 6.07) is 29.8. The second-order valence-electron chi connectivity index (χ2n) is 14.0. The number of carbonyl (C=O) groups is 4. The summed E-state index contributed by atoms with van der Waals surface area (Å²) in [6.45, 7) is 2.04. The van der Waals surface area contributed by atoms with Crippen LogP contribution in [0.25, 0.3) is 33.8 Å². The Morgan fingerprint density at radius 3 is 1.47 bits per heavy atom. The number of benzene rings is 4. The largest absolute Gasteiger partial charge is 1.00 e. The van der Waals surface area contributed by atoms with Crippen LogP contribution in [-0.2, 0) is 40.3 Å². The predicted octanol–water partition coefficient (Wildman–Crippen LogP) is 3.05. The number of hydrogen-bond acceptors (Lipinski definition) is 12. The number of aromatic nitrogens is 6. The normalized spacial score (nSPS) is 10.6. The molecule has 0 aliphatic carbocycles. The van der Waals surface area contributed by atoms with Crippen LogP contribution in [0.3, 0.4) is 0 Å². The number of carboxylic acid groups (broad SMARTS) is 1. The van der Waals surface area contributed by atoms with Crippen molar-refractivity contribution in [1.29, 1.82) is 0 Å². The van der Waals surface area contributed by atoms with E-state index in [1.165, 1.54) is 21.2 Å². The van der Waals surface area contributed by atoms with E-state index in [-0.39, 0.29) is 102 Å². The molecule has 8 rings (SSSR count). The molecule has 0 atom stereocenters. The maximum absolute atomic E-state index is 14.9. The number of anilines is 2. The molecule has 17 nitrogen and oxygen atoms in total. The zero-order valence-electron chi connectivity index (χ0n) is 35.6. The average Bonchev–Trinajstić information content (AvgIpc) is 3.98. The fourth-order valence-electron chi connectivity index (χ4n) is 6.74. The summed E-state index contributed by atoms with van der Waals surface area (Å²) in [5.41, 5.74) is 14.9. The molecule has 4 aromatic carbocycles. The van der Waals surface area contributed by atoms with Gasteiger partial charge in [-0.2, -0.15) is 0 Å². The van der Waals surface area contributed by atoms with Crippen molar-refractivity contribution in [3.8, 4) is 22.8 Å². The number of rotatable bonds is 13. The van der Waals surface area contributed by atoms with Crippen LogP contribution in [0.1, 0.15) is 50.2 Å². The molecule has 0 radical (unpaired) electrons. The molecule has 0 spiro atoms. The van der Waals surface area contributed by atoms with Gasteiger partial charge in [0.2, 0.25) is 0 Å². The van der Waals surface area contributed by atoms with Gasteiger partial charge in [0.25, 0.3) is 11.8 Å². The fourth-order valence-corrected chi connectivity index (χ4v) is 6.74. The number of esters is 1. The number of fused-ring (bicyclic) bond motifs is 2. The molecule has 66 heavy (non-hydrogen) atoms. The molecule has 0 aliphatic rings. The molecule has 0 bridgehead atoms. The van der Waals surface area contributed by atoms with Crippen molar-refractivity contribution < 1.29 is 72.8 Å². The summed E-state index contributed by atoms with van der Waals surface area (Å²) < 4.78 is 37.6. The zero-order valence-corrected chi connectivity index (χ0v) is 37.6. The van der Waals surface area contributed by atoms with E-state index in [0.29, 0.717) is 44.7 Å². The molecule has 0 saturated carbocycles. The fraction of sp³-hybridized carbons (Fsp3) is 0.130. The number of hydrogen-bond donors (Lipinski definition) is 5. The van der Waals surface area contributed by atoms with Crippen molar-refractivity contribution in [3.05, 3.63) is 167 Å². The standard InChI is InChI=1S/C24H22FN5O3.C22H18FN5O3.Na.H2O/c1-2-33-20(31)13-15-7-3-4-10-18(15)27-24(32)22-19-11-6-12-30(19)29-23(28-22)17-9-5-8-16(14-26)21(17)25;23-19-14(12-24)6-3-7-15(19)21-26-20(17-9-4-10-28(17)27-21)22(31)25-16-8-2-1-5-13(16)11-18(29)30;;/h3-12H,2,13-14,26H2,1H3,(H,27,32);1-10H,11-12,24H2,(H,25,31)(H,29,30);;1H2/q;;+1;/p-1. The Morgan fingerprint density at radius 2 is 1.05 bits per heavy atom. The minimum Gasteiger partial charge on any atom is -0.870 e. The van der Waals surface area contributed by atoms with Crippen molar-refractivity contribution >= 4 is 46.2 Å². The molecule has 8 aromatic rings. The first-order chi connectivity index (χ1) is 31.0. The molecule has 0 aliphatic heterocycles. The second kappa shape index (κ2) is 22.6. The summed E-state index contributed by atoms with van der Waals surface area (Å²) in [6.07, 6.45) is 3.04. The number of nitrogens with two attached hydrogens (primary N) is 2. The van der Waals surface area contributed by atoms with E-state index in [2.05, 4.69) is 30.8 Å². The van der Waals surface area contributed by atoms with Gasteiger partial charge in [-0.1, -0.05) is 60.7 Å². The molecule has 4 heterocycles. The van der Waals surface area contributed by atoms with Crippen LogP contribution in [0.15, 0.2) is 122 Å². The first-order valence-electron chi connectivity index (χ1n) is 19.8. The van der Waals surface area contributed by atoms with E-state index in [4.69, 9.17) is 21.3 Å². The number of nitrogens with zero attached hydrogens (tertiary/aromatic N) is 6. The van der Waals surface area contributed by atoms with Crippen molar-refractivity contribution in [3.63, 3.8) is 0 Å². The molecule has 332 valence electrons. The van der Waals surface area contributed by atoms with Gasteiger partial charge in [0, 0.05) is 48.0 Å².